The average Bonchev–Trinajstić information content (AvgIpc) is 2.54. The van der Waals surface area contributed by atoms with Gasteiger partial charge in [-0.1, -0.05) is 0 Å². The van der Waals surface area contributed by atoms with E-state index in [1.54, 1.807) is 0 Å². The fraction of sp³-hybridized carbons (Fsp3) is 0.188. The van der Waals surface area contributed by atoms with Crippen LogP contribution >= 0.6 is 0 Å². The first kappa shape index (κ1) is 15.8. The van der Waals surface area contributed by atoms with E-state index in [2.05, 4.69) is 0 Å². The normalized spacial score (nSPS) is 19.5. The predicted octanol–water partition coefficient (Wildman–Crippen LogP) is 1.19. The molecule has 0 bridgehead atoms. The predicted molar refractivity (Wildman–Crippen MR) is 79.8 cm³/mol. The maximum atomic E-state index is 12.5. The van der Waals surface area contributed by atoms with Crippen LogP contribution in [0.25, 0.3) is 0 Å². The number of hydrogen-bond donors (Lipinski definition) is 5. The van der Waals surface area contributed by atoms with Crippen LogP contribution in [-0.2, 0) is 0 Å². The van der Waals surface area contributed by atoms with Crippen LogP contribution in [0.15, 0.2) is 24.3 Å². The molecule has 3 rings (SSSR count). The zero-order chi connectivity index (χ0) is 17.6. The summed E-state index contributed by atoms with van der Waals surface area (Å²) < 4.78 is 10.6. The lowest BCUT2D eigenvalue weighted by Gasteiger charge is -2.30. The third-order valence-corrected chi connectivity index (χ3v) is 3.75. The van der Waals surface area contributed by atoms with Crippen molar-refractivity contribution in [2.45, 2.75) is 12.2 Å². The minimum absolute atomic E-state index is 0.0146. The van der Waals surface area contributed by atoms with Gasteiger partial charge in [0, 0.05) is 17.7 Å². The van der Waals surface area contributed by atoms with Gasteiger partial charge in [-0.05, 0) is 12.1 Å². The van der Waals surface area contributed by atoms with Crippen LogP contribution in [0.1, 0.15) is 22.0 Å². The van der Waals surface area contributed by atoms with Gasteiger partial charge in [-0.3, -0.25) is 4.79 Å². The van der Waals surface area contributed by atoms with Gasteiger partial charge in [-0.2, -0.15) is 0 Å². The molecule has 0 saturated heterocycles. The number of phenolic OH excluding ortho intramolecular Hbond substituents is 4. The molecule has 0 aromatic heterocycles. The van der Waals surface area contributed by atoms with E-state index in [9.17, 15) is 30.3 Å². The van der Waals surface area contributed by atoms with Gasteiger partial charge in [0.15, 0.2) is 29.5 Å². The van der Waals surface area contributed by atoms with Crippen molar-refractivity contribution in [2.75, 3.05) is 7.11 Å². The van der Waals surface area contributed by atoms with Gasteiger partial charge in [0.2, 0.25) is 5.78 Å². The Hall–Kier alpha value is -3.13. The summed E-state index contributed by atoms with van der Waals surface area (Å²) in [5.74, 6) is -2.87. The third-order valence-electron chi connectivity index (χ3n) is 3.75. The van der Waals surface area contributed by atoms with E-state index in [1.165, 1.54) is 19.2 Å². The van der Waals surface area contributed by atoms with Gasteiger partial charge < -0.3 is 35.0 Å². The molecule has 0 saturated carbocycles. The van der Waals surface area contributed by atoms with Crippen molar-refractivity contribution >= 4 is 5.78 Å². The van der Waals surface area contributed by atoms with E-state index in [4.69, 9.17) is 9.47 Å². The number of aliphatic hydroxyl groups excluding tert-OH is 1. The van der Waals surface area contributed by atoms with E-state index in [1.807, 2.05) is 0 Å². The number of rotatable bonds is 2. The van der Waals surface area contributed by atoms with Crippen molar-refractivity contribution in [1.82, 2.24) is 0 Å². The third kappa shape index (κ3) is 2.33. The number of aromatic hydroxyl groups is 4. The number of Topliss-reactive ketones (excluding diaryl/α,β-unsaturated/α-hetero) is 1. The van der Waals surface area contributed by atoms with Crippen LogP contribution < -0.4 is 9.47 Å². The summed E-state index contributed by atoms with van der Waals surface area (Å²) in [6, 6.07) is 4.52. The summed E-state index contributed by atoms with van der Waals surface area (Å²) in [6.45, 7) is 0. The SMILES string of the molecule is COc1cc(O)cc2c1C(=O)[C@H](O)[C@@H](c1cc(O)c(O)c(O)c1)O2. The lowest BCUT2D eigenvalue weighted by Crippen LogP contribution is -2.36. The summed E-state index contributed by atoms with van der Waals surface area (Å²) in [5, 5.41) is 48.5. The second kappa shape index (κ2) is 5.50. The molecule has 0 unspecified atom stereocenters. The number of aliphatic hydroxyl groups is 1. The molecule has 1 aliphatic rings. The van der Waals surface area contributed by atoms with Crippen LogP contribution in [0, 0.1) is 0 Å². The molecule has 8 heteroatoms. The van der Waals surface area contributed by atoms with Crippen LogP contribution in [0.5, 0.6) is 34.5 Å². The molecule has 24 heavy (non-hydrogen) atoms. The number of ketones is 1. The van der Waals surface area contributed by atoms with Crippen molar-refractivity contribution in [3.8, 4) is 34.5 Å². The standard InChI is InChI=1S/C16H14O8/c1-23-10-4-7(17)5-11-12(10)14(21)15(22)16(24-11)6-2-8(18)13(20)9(19)3-6/h2-5,15-20,22H,1H3/t15-,16+/m0/s1. The van der Waals surface area contributed by atoms with Gasteiger partial charge >= 0.3 is 0 Å². The molecule has 0 spiro atoms. The first-order valence-corrected chi connectivity index (χ1v) is 6.88. The van der Waals surface area contributed by atoms with E-state index in [0.29, 0.717) is 0 Å². The highest BCUT2D eigenvalue weighted by Crippen LogP contribution is 2.44. The second-order valence-corrected chi connectivity index (χ2v) is 5.28. The highest BCUT2D eigenvalue weighted by molar-refractivity contribution is 6.05. The molecule has 2 atom stereocenters. The molecular weight excluding hydrogens is 320 g/mol. The van der Waals surface area contributed by atoms with Crippen LogP contribution in [-0.4, -0.2) is 44.5 Å². The number of fused-ring (bicyclic) bond motifs is 1. The average molecular weight is 334 g/mol. The summed E-state index contributed by atoms with van der Waals surface area (Å²) in [7, 11) is 1.30. The van der Waals surface area contributed by atoms with E-state index < -0.39 is 35.2 Å². The molecule has 0 radical (unpaired) electrons. The Morgan fingerprint density at radius 3 is 2.25 bits per heavy atom. The Morgan fingerprint density at radius 1 is 1.04 bits per heavy atom. The fourth-order valence-electron chi connectivity index (χ4n) is 2.60. The van der Waals surface area contributed by atoms with Crippen LogP contribution in [0.4, 0.5) is 0 Å². The first-order valence-electron chi connectivity index (χ1n) is 6.88. The molecule has 0 amide bonds. The van der Waals surface area contributed by atoms with Crippen LogP contribution in [0.2, 0.25) is 0 Å². The lowest BCUT2D eigenvalue weighted by molar-refractivity contribution is 0.0209. The maximum Gasteiger partial charge on any atom is 0.202 e. The molecule has 126 valence electrons. The molecule has 2 aromatic rings. The Bertz CT molecular complexity index is 806. The molecule has 0 fully saturated rings. The molecule has 8 nitrogen and oxygen atoms in total. The Balaban J connectivity index is 2.11. The number of carbonyl (C=O) groups is 1. The van der Waals surface area contributed by atoms with Crippen molar-refractivity contribution in [2.24, 2.45) is 0 Å². The molecule has 2 aromatic carbocycles. The van der Waals surface area contributed by atoms with Gasteiger partial charge in [0.05, 0.1) is 7.11 Å². The Labute approximate surface area is 135 Å². The van der Waals surface area contributed by atoms with E-state index in [0.717, 1.165) is 12.1 Å². The fourth-order valence-corrected chi connectivity index (χ4v) is 2.60. The van der Waals surface area contributed by atoms with E-state index >= 15 is 0 Å². The van der Waals surface area contributed by atoms with Crippen LogP contribution in [0.3, 0.4) is 0 Å². The van der Waals surface area contributed by atoms with Crippen molar-refractivity contribution in [1.29, 1.82) is 0 Å². The summed E-state index contributed by atoms with van der Waals surface area (Å²) in [5.41, 5.74) is 0.0443. The largest absolute Gasteiger partial charge is 0.508 e. The number of methoxy groups -OCH3 is 1. The van der Waals surface area contributed by atoms with Gasteiger partial charge in [-0.25, -0.2) is 0 Å². The summed E-state index contributed by atoms with van der Waals surface area (Å²) in [6.07, 6.45) is -2.90. The number of hydrogen-bond acceptors (Lipinski definition) is 8. The summed E-state index contributed by atoms with van der Waals surface area (Å²) >= 11 is 0. The second-order valence-electron chi connectivity index (χ2n) is 5.28. The Kier molecular flexibility index (Phi) is 3.61. The minimum atomic E-state index is -1.64. The maximum absolute atomic E-state index is 12.5. The number of ether oxygens (including phenoxy) is 2. The summed E-state index contributed by atoms with van der Waals surface area (Å²) in [4.78, 5) is 12.5. The number of benzene rings is 2. The quantitative estimate of drug-likeness (QED) is 0.517. The van der Waals surface area contributed by atoms with Gasteiger partial charge in [-0.15, -0.1) is 0 Å². The molecule has 5 N–H and O–H groups in total. The molecular formula is C16H14O8. The first-order chi connectivity index (χ1) is 11.3. The Morgan fingerprint density at radius 2 is 1.67 bits per heavy atom. The van der Waals surface area contributed by atoms with Crippen molar-refractivity contribution < 1.29 is 39.8 Å². The number of carbonyl (C=O) groups excluding carboxylic acids is 1. The smallest absolute Gasteiger partial charge is 0.202 e. The van der Waals surface area contributed by atoms with Crippen molar-refractivity contribution in [3.05, 3.63) is 35.4 Å². The lowest BCUT2D eigenvalue weighted by atomic mass is 9.92. The topological polar surface area (TPSA) is 137 Å². The zero-order valence-electron chi connectivity index (χ0n) is 12.4. The van der Waals surface area contributed by atoms with Crippen molar-refractivity contribution in [3.63, 3.8) is 0 Å². The van der Waals surface area contributed by atoms with E-state index in [-0.39, 0.29) is 28.4 Å². The highest BCUT2D eigenvalue weighted by atomic mass is 16.5. The highest BCUT2D eigenvalue weighted by Gasteiger charge is 2.40. The van der Waals surface area contributed by atoms with Gasteiger partial charge in [0.1, 0.15) is 22.8 Å². The zero-order valence-corrected chi connectivity index (χ0v) is 12.4. The molecule has 1 heterocycles. The monoisotopic (exact) mass is 334 g/mol. The molecule has 1 aliphatic heterocycles. The minimum Gasteiger partial charge on any atom is -0.508 e. The van der Waals surface area contributed by atoms with Gasteiger partial charge in [0.25, 0.3) is 0 Å². The number of phenols is 4. The molecule has 0 aliphatic carbocycles.